The zero-order chi connectivity index (χ0) is 20.3. The molecule has 5 rings (SSSR count). The first-order valence-corrected chi connectivity index (χ1v) is 10.5. The van der Waals surface area contributed by atoms with Gasteiger partial charge in [0.05, 0.1) is 21.5 Å². The maximum absolute atomic E-state index is 6.56. The van der Waals surface area contributed by atoms with E-state index in [1.165, 1.54) is 5.56 Å². The number of para-hydroxylation sites is 1. The second kappa shape index (κ2) is 6.39. The molecule has 0 saturated carbocycles. The molecule has 0 radical (unpaired) electrons. The maximum atomic E-state index is 6.56. The van der Waals surface area contributed by atoms with Crippen molar-refractivity contribution in [2.75, 3.05) is 5.32 Å². The van der Waals surface area contributed by atoms with Crippen LogP contribution < -0.4 is 14.8 Å². The van der Waals surface area contributed by atoms with Crippen LogP contribution in [0, 0.1) is 6.92 Å². The molecule has 148 valence electrons. The molecule has 2 aliphatic rings. The van der Waals surface area contributed by atoms with Crippen molar-refractivity contribution < 1.29 is 9.47 Å². The van der Waals surface area contributed by atoms with Crippen LogP contribution in [-0.2, 0) is 5.72 Å². The first-order valence-electron chi connectivity index (χ1n) is 9.71. The fourth-order valence-corrected chi connectivity index (χ4v) is 4.58. The molecule has 2 aliphatic heterocycles. The van der Waals surface area contributed by atoms with Crippen LogP contribution in [0.3, 0.4) is 0 Å². The Bertz CT molecular complexity index is 1150. The summed E-state index contributed by atoms with van der Waals surface area (Å²) in [5.74, 6) is 2.66. The van der Waals surface area contributed by atoms with Crippen LogP contribution in [0.25, 0.3) is 5.69 Å². The van der Waals surface area contributed by atoms with Crippen molar-refractivity contribution in [1.29, 1.82) is 0 Å². The Hall–Kier alpha value is -2.73. The molecule has 2 aromatic carbocycles. The number of halogens is 1. The first-order chi connectivity index (χ1) is 13.9. The smallest absolute Gasteiger partial charge is 0.237 e. The number of anilines is 1. The van der Waals surface area contributed by atoms with Gasteiger partial charge >= 0.3 is 0 Å². The predicted octanol–water partition coefficient (Wildman–Crippen LogP) is 6.02. The van der Waals surface area contributed by atoms with E-state index < -0.39 is 5.72 Å². The third-order valence-corrected chi connectivity index (χ3v) is 5.96. The van der Waals surface area contributed by atoms with Crippen molar-refractivity contribution in [3.8, 4) is 17.3 Å². The third-order valence-electron chi connectivity index (χ3n) is 5.37. The highest BCUT2D eigenvalue weighted by atomic mass is 79.9. The van der Waals surface area contributed by atoms with E-state index in [0.717, 1.165) is 38.6 Å². The number of nitrogens with zero attached hydrogens (tertiary/aromatic N) is 2. The molecule has 1 atom stereocenters. The first kappa shape index (κ1) is 18.3. The number of nitrogens with one attached hydrogen (secondary N) is 1. The molecule has 1 unspecified atom stereocenters. The number of ether oxygens (including phenoxy) is 2. The minimum Gasteiger partial charge on any atom is -0.456 e. The van der Waals surface area contributed by atoms with E-state index in [0.29, 0.717) is 11.8 Å². The number of allylic oxidation sites excluding steroid dienone is 1. The molecule has 0 bridgehead atoms. The van der Waals surface area contributed by atoms with Gasteiger partial charge < -0.3 is 14.8 Å². The molecule has 0 aliphatic carbocycles. The van der Waals surface area contributed by atoms with E-state index in [9.17, 15) is 0 Å². The van der Waals surface area contributed by atoms with Crippen molar-refractivity contribution in [2.45, 2.75) is 39.3 Å². The van der Waals surface area contributed by atoms with Gasteiger partial charge in [-0.2, -0.15) is 5.10 Å². The fraction of sp³-hybridized carbons (Fsp3) is 0.261. The van der Waals surface area contributed by atoms with Crippen LogP contribution in [0.15, 0.2) is 58.8 Å². The van der Waals surface area contributed by atoms with Crippen LogP contribution in [-0.4, -0.2) is 9.78 Å². The SMILES string of the molecule is CC1=CC2(Nc3cc(C(C)C)cc(Br)c3O2)c2c(C)nn(-c3ccccc3)c2O1. The number of fused-ring (bicyclic) bond motifs is 3. The molecule has 3 aromatic rings. The highest BCUT2D eigenvalue weighted by molar-refractivity contribution is 9.10. The quantitative estimate of drug-likeness (QED) is 0.517. The predicted molar refractivity (Wildman–Crippen MR) is 117 cm³/mol. The zero-order valence-corrected chi connectivity index (χ0v) is 18.4. The summed E-state index contributed by atoms with van der Waals surface area (Å²) in [4.78, 5) is 0. The van der Waals surface area contributed by atoms with Gasteiger partial charge in [-0.1, -0.05) is 32.0 Å². The van der Waals surface area contributed by atoms with Crippen LogP contribution in [0.1, 0.15) is 43.5 Å². The van der Waals surface area contributed by atoms with E-state index in [2.05, 4.69) is 47.2 Å². The van der Waals surface area contributed by atoms with Gasteiger partial charge in [-0.25, -0.2) is 4.68 Å². The van der Waals surface area contributed by atoms with E-state index in [1.54, 1.807) is 0 Å². The lowest BCUT2D eigenvalue weighted by atomic mass is 10.00. The van der Waals surface area contributed by atoms with Gasteiger partial charge in [0.25, 0.3) is 0 Å². The van der Waals surface area contributed by atoms with Crippen molar-refractivity contribution in [1.82, 2.24) is 9.78 Å². The van der Waals surface area contributed by atoms with Crippen LogP contribution in [0.5, 0.6) is 11.6 Å². The fourth-order valence-electron chi connectivity index (χ4n) is 4.02. The molecule has 1 N–H and O–H groups in total. The Kier molecular flexibility index (Phi) is 4.03. The summed E-state index contributed by atoms with van der Waals surface area (Å²) in [6.07, 6.45) is 1.99. The Balaban J connectivity index is 1.67. The summed E-state index contributed by atoms with van der Waals surface area (Å²) in [6, 6.07) is 14.3. The molecule has 1 spiro atoms. The minimum atomic E-state index is -0.852. The van der Waals surface area contributed by atoms with Crippen LogP contribution in [0.2, 0.25) is 0 Å². The highest BCUT2D eigenvalue weighted by Gasteiger charge is 2.48. The molecule has 5 nitrogen and oxygen atoms in total. The molecule has 29 heavy (non-hydrogen) atoms. The summed E-state index contributed by atoms with van der Waals surface area (Å²) < 4.78 is 15.5. The minimum absolute atomic E-state index is 0.417. The Morgan fingerprint density at radius 2 is 1.90 bits per heavy atom. The lowest BCUT2D eigenvalue weighted by Crippen LogP contribution is -2.38. The van der Waals surface area contributed by atoms with Crippen molar-refractivity contribution in [3.05, 3.63) is 75.6 Å². The van der Waals surface area contributed by atoms with E-state index >= 15 is 0 Å². The molecule has 1 aromatic heterocycles. The summed E-state index contributed by atoms with van der Waals surface area (Å²) in [5.41, 5.74) is 4.05. The lowest BCUT2D eigenvalue weighted by Gasteiger charge is -2.31. The molecule has 0 saturated heterocycles. The van der Waals surface area contributed by atoms with Gasteiger partial charge in [0.1, 0.15) is 11.3 Å². The standard InChI is InChI=1S/C23H22BrN3O2/c1-13(2)16-10-18(24)21-19(11-16)25-23(29-21)12-14(3)28-22-20(23)15(4)26-27(22)17-8-6-5-7-9-17/h5-13,25H,1-4H3. The average molecular weight is 452 g/mol. The number of aromatic nitrogens is 2. The Morgan fingerprint density at radius 1 is 1.14 bits per heavy atom. The monoisotopic (exact) mass is 451 g/mol. The molecule has 3 heterocycles. The number of hydrogen-bond acceptors (Lipinski definition) is 4. The van der Waals surface area contributed by atoms with E-state index in [-0.39, 0.29) is 0 Å². The molecule has 0 amide bonds. The topological polar surface area (TPSA) is 48.3 Å². The van der Waals surface area contributed by atoms with Gasteiger partial charge in [-0.05, 0) is 65.5 Å². The van der Waals surface area contributed by atoms with Gasteiger partial charge in [-0.15, -0.1) is 0 Å². The molecule has 0 fully saturated rings. The molecular formula is C23H22BrN3O2. The summed E-state index contributed by atoms with van der Waals surface area (Å²) in [6.45, 7) is 8.29. The second-order valence-corrected chi connectivity index (χ2v) is 8.72. The number of rotatable bonds is 2. The maximum Gasteiger partial charge on any atom is 0.237 e. The third kappa shape index (κ3) is 2.77. The van der Waals surface area contributed by atoms with Crippen LogP contribution in [0.4, 0.5) is 5.69 Å². The number of aryl methyl sites for hydroxylation is 1. The van der Waals surface area contributed by atoms with E-state index in [1.807, 2.05) is 54.9 Å². The van der Waals surface area contributed by atoms with Gasteiger partial charge in [0.2, 0.25) is 11.6 Å². The lowest BCUT2D eigenvalue weighted by molar-refractivity contribution is 0.152. The Morgan fingerprint density at radius 3 is 2.62 bits per heavy atom. The van der Waals surface area contributed by atoms with Crippen molar-refractivity contribution >= 4 is 21.6 Å². The molecular weight excluding hydrogens is 430 g/mol. The van der Waals surface area contributed by atoms with Crippen molar-refractivity contribution in [2.24, 2.45) is 0 Å². The van der Waals surface area contributed by atoms with Crippen molar-refractivity contribution in [3.63, 3.8) is 0 Å². The van der Waals surface area contributed by atoms with E-state index in [4.69, 9.17) is 14.6 Å². The normalized spacial score (nSPS) is 19.3. The largest absolute Gasteiger partial charge is 0.456 e. The second-order valence-electron chi connectivity index (χ2n) is 7.87. The van der Waals surface area contributed by atoms with Gasteiger partial charge in [0.15, 0.2) is 5.75 Å². The summed E-state index contributed by atoms with van der Waals surface area (Å²) in [5, 5.41) is 8.39. The van der Waals surface area contributed by atoms with Gasteiger partial charge in [-0.3, -0.25) is 0 Å². The average Bonchev–Trinajstić information content (AvgIpc) is 3.20. The highest BCUT2D eigenvalue weighted by Crippen LogP contribution is 2.52. The number of hydrogen-bond donors (Lipinski definition) is 1. The Labute approximate surface area is 178 Å². The van der Waals surface area contributed by atoms with Gasteiger partial charge in [0, 0.05) is 6.08 Å². The summed E-state index contributed by atoms with van der Waals surface area (Å²) in [7, 11) is 0. The van der Waals surface area contributed by atoms with Crippen LogP contribution >= 0.6 is 15.9 Å². The zero-order valence-electron chi connectivity index (χ0n) is 16.8. The molecule has 6 heteroatoms. The summed E-state index contributed by atoms with van der Waals surface area (Å²) >= 11 is 3.69. The number of benzene rings is 2.